The molecule has 5 nitrogen and oxygen atoms in total. The highest BCUT2D eigenvalue weighted by Gasteiger charge is 2.25. The molecule has 0 atom stereocenters. The number of sulfonamides is 1. The Morgan fingerprint density at radius 3 is 2.30 bits per heavy atom. The third kappa shape index (κ3) is 4.76. The van der Waals surface area contributed by atoms with E-state index in [4.69, 9.17) is 0 Å². The fourth-order valence-electron chi connectivity index (χ4n) is 3.33. The molecule has 0 unspecified atom stereocenters. The minimum absolute atomic E-state index is 0.0227. The summed E-state index contributed by atoms with van der Waals surface area (Å²) in [4.78, 5) is 12.6. The van der Waals surface area contributed by atoms with Gasteiger partial charge in [0.2, 0.25) is 10.0 Å². The molecule has 6 heteroatoms. The van der Waals surface area contributed by atoms with Crippen LogP contribution in [0.15, 0.2) is 48.5 Å². The number of para-hydroxylation sites is 1. The van der Waals surface area contributed by atoms with Gasteiger partial charge in [-0.05, 0) is 48.1 Å². The van der Waals surface area contributed by atoms with E-state index in [1.807, 2.05) is 24.3 Å². The van der Waals surface area contributed by atoms with E-state index in [1.54, 1.807) is 28.6 Å². The monoisotopic (exact) mass is 386 g/mol. The molecule has 0 radical (unpaired) electrons. The second-order valence-corrected chi connectivity index (χ2v) is 9.22. The van der Waals surface area contributed by atoms with Crippen molar-refractivity contribution in [1.82, 2.24) is 4.31 Å². The fraction of sp³-hybridized carbons (Fsp3) is 0.381. The lowest BCUT2D eigenvalue weighted by Gasteiger charge is -2.16. The van der Waals surface area contributed by atoms with Crippen molar-refractivity contribution in [3.8, 4) is 0 Å². The number of hydrogen-bond acceptors (Lipinski definition) is 3. The molecule has 0 spiro atoms. The quantitative estimate of drug-likeness (QED) is 0.816. The summed E-state index contributed by atoms with van der Waals surface area (Å²) in [5.41, 5.74) is 3.09. The van der Waals surface area contributed by atoms with Crippen LogP contribution in [-0.4, -0.2) is 31.7 Å². The largest absolute Gasteiger partial charge is 0.322 e. The van der Waals surface area contributed by atoms with Gasteiger partial charge < -0.3 is 5.32 Å². The van der Waals surface area contributed by atoms with Crippen LogP contribution in [0.25, 0.3) is 0 Å². The summed E-state index contributed by atoms with van der Waals surface area (Å²) in [6.07, 6.45) is 1.85. The fourth-order valence-corrected chi connectivity index (χ4v) is 4.94. The van der Waals surface area contributed by atoms with Crippen LogP contribution in [-0.2, 0) is 15.8 Å². The SMILES string of the molecule is CC(C)c1ccccc1NC(=O)c1ccc(CS(=O)(=O)N2CCCC2)cc1. The van der Waals surface area contributed by atoms with Crippen molar-refractivity contribution in [2.24, 2.45) is 0 Å². The maximum absolute atomic E-state index is 12.6. The predicted octanol–water partition coefficient (Wildman–Crippen LogP) is 3.99. The second-order valence-electron chi connectivity index (χ2n) is 7.26. The molecule has 1 fully saturated rings. The van der Waals surface area contributed by atoms with Gasteiger partial charge in [-0.2, -0.15) is 0 Å². The van der Waals surface area contributed by atoms with E-state index in [9.17, 15) is 13.2 Å². The van der Waals surface area contributed by atoms with E-state index in [0.717, 1.165) is 24.1 Å². The maximum Gasteiger partial charge on any atom is 0.255 e. The molecule has 1 N–H and O–H groups in total. The zero-order chi connectivity index (χ0) is 19.4. The van der Waals surface area contributed by atoms with Gasteiger partial charge in [0.05, 0.1) is 5.75 Å². The normalized spacial score (nSPS) is 15.2. The first-order valence-electron chi connectivity index (χ1n) is 9.34. The number of nitrogens with zero attached hydrogens (tertiary/aromatic N) is 1. The van der Waals surface area contributed by atoms with Crippen molar-refractivity contribution in [1.29, 1.82) is 0 Å². The van der Waals surface area contributed by atoms with Gasteiger partial charge in [-0.25, -0.2) is 12.7 Å². The summed E-state index contributed by atoms with van der Waals surface area (Å²) in [6, 6.07) is 14.6. The van der Waals surface area contributed by atoms with Crippen LogP contribution >= 0.6 is 0 Å². The number of anilines is 1. The molecule has 0 saturated carbocycles. The molecule has 144 valence electrons. The van der Waals surface area contributed by atoms with Gasteiger partial charge in [-0.1, -0.05) is 44.2 Å². The number of carbonyl (C=O) groups excluding carboxylic acids is 1. The van der Waals surface area contributed by atoms with Crippen molar-refractivity contribution >= 4 is 21.6 Å². The van der Waals surface area contributed by atoms with Crippen molar-refractivity contribution in [3.63, 3.8) is 0 Å². The molecule has 1 aliphatic heterocycles. The number of rotatable bonds is 6. The van der Waals surface area contributed by atoms with Crippen LogP contribution in [0.5, 0.6) is 0 Å². The highest BCUT2D eigenvalue weighted by Crippen LogP contribution is 2.24. The van der Waals surface area contributed by atoms with Gasteiger partial charge in [0.1, 0.15) is 0 Å². The number of benzene rings is 2. The Bertz CT molecular complexity index is 899. The number of amides is 1. The first-order chi connectivity index (χ1) is 12.9. The molecule has 1 amide bonds. The highest BCUT2D eigenvalue weighted by molar-refractivity contribution is 7.88. The number of nitrogens with one attached hydrogen (secondary N) is 1. The molecule has 2 aromatic rings. The van der Waals surface area contributed by atoms with Crippen molar-refractivity contribution < 1.29 is 13.2 Å². The van der Waals surface area contributed by atoms with E-state index in [-0.39, 0.29) is 11.7 Å². The van der Waals surface area contributed by atoms with Crippen LogP contribution in [0.4, 0.5) is 5.69 Å². The average molecular weight is 387 g/mol. The first-order valence-corrected chi connectivity index (χ1v) is 10.9. The van der Waals surface area contributed by atoms with Gasteiger partial charge >= 0.3 is 0 Å². The first kappa shape index (κ1) is 19.6. The third-order valence-electron chi connectivity index (χ3n) is 4.85. The van der Waals surface area contributed by atoms with Crippen LogP contribution in [0, 0.1) is 0 Å². The number of hydrogen-bond donors (Lipinski definition) is 1. The summed E-state index contributed by atoms with van der Waals surface area (Å²) in [5.74, 6) is 0.0853. The van der Waals surface area contributed by atoms with Gasteiger partial charge in [0, 0.05) is 24.3 Å². The van der Waals surface area contributed by atoms with Gasteiger partial charge in [0.15, 0.2) is 0 Å². The Labute approximate surface area is 161 Å². The standard InChI is InChI=1S/C21H26N2O3S/c1-16(2)19-7-3-4-8-20(19)22-21(24)18-11-9-17(10-12-18)15-27(25,26)23-13-5-6-14-23/h3-4,7-12,16H,5-6,13-15H2,1-2H3,(H,22,24). The van der Waals surface area contributed by atoms with Crippen molar-refractivity contribution in [3.05, 3.63) is 65.2 Å². The summed E-state index contributed by atoms with van der Waals surface area (Å²) in [7, 11) is -3.28. The average Bonchev–Trinajstić information content (AvgIpc) is 3.18. The van der Waals surface area contributed by atoms with E-state index < -0.39 is 10.0 Å². The summed E-state index contributed by atoms with van der Waals surface area (Å²) >= 11 is 0. The highest BCUT2D eigenvalue weighted by atomic mass is 32.2. The van der Waals surface area contributed by atoms with E-state index in [1.165, 1.54) is 0 Å². The molecule has 2 aromatic carbocycles. The van der Waals surface area contributed by atoms with Crippen LogP contribution in [0.3, 0.4) is 0 Å². The van der Waals surface area contributed by atoms with E-state index in [0.29, 0.717) is 30.1 Å². The molecule has 0 bridgehead atoms. The molecular weight excluding hydrogens is 360 g/mol. The minimum Gasteiger partial charge on any atom is -0.322 e. The van der Waals surface area contributed by atoms with Crippen LogP contribution in [0.1, 0.15) is 54.1 Å². The lowest BCUT2D eigenvalue weighted by Crippen LogP contribution is -2.29. The van der Waals surface area contributed by atoms with Crippen molar-refractivity contribution in [2.45, 2.75) is 38.4 Å². The van der Waals surface area contributed by atoms with Crippen LogP contribution < -0.4 is 5.32 Å². The van der Waals surface area contributed by atoms with Crippen molar-refractivity contribution in [2.75, 3.05) is 18.4 Å². The zero-order valence-corrected chi connectivity index (χ0v) is 16.6. The molecule has 27 heavy (non-hydrogen) atoms. The summed E-state index contributed by atoms with van der Waals surface area (Å²) in [6.45, 7) is 5.39. The smallest absolute Gasteiger partial charge is 0.255 e. The summed E-state index contributed by atoms with van der Waals surface area (Å²) < 4.78 is 26.4. The van der Waals surface area contributed by atoms with Crippen LogP contribution in [0.2, 0.25) is 0 Å². The molecule has 3 rings (SSSR count). The topological polar surface area (TPSA) is 66.5 Å². The van der Waals surface area contributed by atoms with Gasteiger partial charge in [-0.15, -0.1) is 0 Å². The Kier molecular flexibility index (Phi) is 5.97. The lowest BCUT2D eigenvalue weighted by atomic mass is 10.0. The Morgan fingerprint density at radius 1 is 1.04 bits per heavy atom. The van der Waals surface area contributed by atoms with E-state index in [2.05, 4.69) is 19.2 Å². The lowest BCUT2D eigenvalue weighted by molar-refractivity contribution is 0.102. The Balaban J connectivity index is 1.69. The minimum atomic E-state index is -3.28. The van der Waals surface area contributed by atoms with Gasteiger partial charge in [-0.3, -0.25) is 4.79 Å². The Morgan fingerprint density at radius 2 is 1.67 bits per heavy atom. The predicted molar refractivity (Wildman–Crippen MR) is 108 cm³/mol. The van der Waals surface area contributed by atoms with Gasteiger partial charge in [0.25, 0.3) is 5.91 Å². The maximum atomic E-state index is 12.6. The molecule has 0 aromatic heterocycles. The Hall–Kier alpha value is -2.18. The number of carbonyl (C=O) groups is 1. The molecular formula is C21H26N2O3S. The summed E-state index contributed by atoms with van der Waals surface area (Å²) in [5, 5.41) is 2.96. The molecule has 1 saturated heterocycles. The molecule has 1 heterocycles. The molecule has 1 aliphatic rings. The molecule has 0 aliphatic carbocycles. The second kappa shape index (κ2) is 8.23. The van der Waals surface area contributed by atoms with E-state index >= 15 is 0 Å². The zero-order valence-electron chi connectivity index (χ0n) is 15.8. The third-order valence-corrected chi connectivity index (χ3v) is 6.70.